The van der Waals surface area contributed by atoms with Gasteiger partial charge in [0, 0.05) is 24.1 Å². The normalized spacial score (nSPS) is 15.6. The third kappa shape index (κ3) is 3.68. The number of hydrogen-bond donors (Lipinski definition) is 2. The Labute approximate surface area is 143 Å². The zero-order valence-corrected chi connectivity index (χ0v) is 13.7. The zero-order chi connectivity index (χ0) is 16.9. The number of nitrogens with zero attached hydrogens (tertiary/aromatic N) is 1. The van der Waals surface area contributed by atoms with Crippen molar-refractivity contribution in [2.45, 2.75) is 16.6 Å². The van der Waals surface area contributed by atoms with E-state index < -0.39 is 4.92 Å². The van der Waals surface area contributed by atoms with Gasteiger partial charge in [0.2, 0.25) is 5.91 Å². The van der Waals surface area contributed by atoms with Crippen LogP contribution in [0.4, 0.5) is 11.4 Å². The maximum atomic E-state index is 12.2. The summed E-state index contributed by atoms with van der Waals surface area (Å²) < 4.78 is 0. The Morgan fingerprint density at radius 2 is 1.92 bits per heavy atom. The van der Waals surface area contributed by atoms with E-state index in [-0.39, 0.29) is 16.8 Å². The van der Waals surface area contributed by atoms with E-state index >= 15 is 0 Å². The molecule has 7 heteroatoms. The molecule has 1 aliphatic heterocycles. The lowest BCUT2D eigenvalue weighted by Crippen LogP contribution is -2.35. The number of hydrogen-bond acceptors (Lipinski definition) is 5. The minimum absolute atomic E-state index is 0.000520. The molecule has 1 heterocycles. The van der Waals surface area contributed by atoms with Crippen LogP contribution in [0.15, 0.2) is 53.4 Å². The van der Waals surface area contributed by atoms with Gasteiger partial charge in [0.1, 0.15) is 5.69 Å². The summed E-state index contributed by atoms with van der Waals surface area (Å²) in [5.74, 6) is 0.000520. The highest BCUT2D eigenvalue weighted by Gasteiger charge is 2.27. The van der Waals surface area contributed by atoms with Crippen molar-refractivity contribution in [3.05, 3.63) is 64.2 Å². The second kappa shape index (κ2) is 7.35. The number of rotatable bonds is 6. The molecule has 6 nitrogen and oxygen atoms in total. The molecule has 0 bridgehead atoms. The van der Waals surface area contributed by atoms with E-state index in [1.54, 1.807) is 30.0 Å². The van der Waals surface area contributed by atoms with Gasteiger partial charge >= 0.3 is 0 Å². The van der Waals surface area contributed by atoms with Crippen LogP contribution in [-0.2, 0) is 11.2 Å². The molecule has 1 aliphatic rings. The molecule has 0 saturated heterocycles. The van der Waals surface area contributed by atoms with Crippen molar-refractivity contribution in [2.24, 2.45) is 0 Å². The molecule has 0 fully saturated rings. The molecule has 0 saturated carbocycles. The highest BCUT2D eigenvalue weighted by molar-refractivity contribution is 8.01. The monoisotopic (exact) mass is 343 g/mol. The van der Waals surface area contributed by atoms with Gasteiger partial charge in [-0.3, -0.25) is 14.9 Å². The minimum atomic E-state index is -0.423. The number of para-hydroxylation sites is 2. The number of nitro benzene ring substituents is 1. The Hall–Kier alpha value is -2.54. The summed E-state index contributed by atoms with van der Waals surface area (Å²) >= 11 is 1.58. The van der Waals surface area contributed by atoms with E-state index in [0.29, 0.717) is 18.8 Å². The van der Waals surface area contributed by atoms with Gasteiger partial charge in [-0.15, -0.1) is 11.8 Å². The predicted molar refractivity (Wildman–Crippen MR) is 94.4 cm³/mol. The lowest BCUT2D eigenvalue weighted by molar-refractivity contribution is -0.384. The molecular formula is C17H17N3O3S. The number of carbonyl (C=O) groups is 1. The average molecular weight is 343 g/mol. The summed E-state index contributed by atoms with van der Waals surface area (Å²) in [4.78, 5) is 23.9. The Balaban J connectivity index is 1.46. The maximum absolute atomic E-state index is 12.2. The molecule has 0 radical (unpaired) electrons. The Bertz CT molecular complexity index is 741. The van der Waals surface area contributed by atoms with Crippen LogP contribution in [-0.4, -0.2) is 29.2 Å². The standard InChI is InChI=1S/C17H17N3O3S/c21-17(16-11-12-5-1-4-8-15(12)24-16)19-10-9-18-13-6-2-3-7-14(13)20(22)23/h1-8,16,18H,9-11H2,(H,19,21)/t16-/m0/s1. The highest BCUT2D eigenvalue weighted by atomic mass is 32.2. The zero-order valence-electron chi connectivity index (χ0n) is 12.9. The van der Waals surface area contributed by atoms with Crippen LogP contribution in [0.2, 0.25) is 0 Å². The first kappa shape index (κ1) is 16.3. The summed E-state index contributed by atoms with van der Waals surface area (Å²) in [6.07, 6.45) is 0.740. The molecule has 0 spiro atoms. The average Bonchev–Trinajstić information content (AvgIpc) is 3.03. The van der Waals surface area contributed by atoms with Crippen molar-refractivity contribution in [1.82, 2.24) is 5.32 Å². The number of amides is 1. The number of nitrogens with one attached hydrogen (secondary N) is 2. The second-order valence-electron chi connectivity index (χ2n) is 5.41. The van der Waals surface area contributed by atoms with Gasteiger partial charge in [0.05, 0.1) is 10.2 Å². The molecule has 0 aliphatic carbocycles. The van der Waals surface area contributed by atoms with Crippen molar-refractivity contribution in [3.63, 3.8) is 0 Å². The summed E-state index contributed by atoms with van der Waals surface area (Å²) in [7, 11) is 0. The number of fused-ring (bicyclic) bond motifs is 1. The SMILES string of the molecule is O=C(NCCNc1ccccc1[N+](=O)[O-])[C@@H]1Cc2ccccc2S1. The van der Waals surface area contributed by atoms with Crippen molar-refractivity contribution in [3.8, 4) is 0 Å². The van der Waals surface area contributed by atoms with Gasteiger partial charge < -0.3 is 10.6 Å². The van der Waals surface area contributed by atoms with Crippen molar-refractivity contribution in [1.29, 1.82) is 0 Å². The van der Waals surface area contributed by atoms with Gasteiger partial charge in [0.15, 0.2) is 0 Å². The molecule has 0 aromatic heterocycles. The summed E-state index contributed by atoms with van der Waals surface area (Å²) in [6.45, 7) is 0.846. The molecule has 24 heavy (non-hydrogen) atoms. The first-order valence-electron chi connectivity index (χ1n) is 7.64. The summed E-state index contributed by atoms with van der Waals surface area (Å²) in [6, 6.07) is 14.5. The molecule has 1 atom stereocenters. The fourth-order valence-electron chi connectivity index (χ4n) is 2.61. The largest absolute Gasteiger partial charge is 0.378 e. The van der Waals surface area contributed by atoms with Gasteiger partial charge in [0.25, 0.3) is 5.69 Å². The van der Waals surface area contributed by atoms with Crippen LogP contribution >= 0.6 is 11.8 Å². The van der Waals surface area contributed by atoms with Crippen LogP contribution < -0.4 is 10.6 Å². The Morgan fingerprint density at radius 1 is 1.17 bits per heavy atom. The molecule has 124 valence electrons. The highest BCUT2D eigenvalue weighted by Crippen LogP contribution is 2.36. The fourth-order valence-corrected chi connectivity index (χ4v) is 3.83. The van der Waals surface area contributed by atoms with E-state index in [2.05, 4.69) is 10.6 Å². The number of carbonyl (C=O) groups excluding carboxylic acids is 1. The number of benzene rings is 2. The van der Waals surface area contributed by atoms with Gasteiger partial charge in [-0.25, -0.2) is 0 Å². The van der Waals surface area contributed by atoms with Gasteiger partial charge in [-0.2, -0.15) is 0 Å². The maximum Gasteiger partial charge on any atom is 0.292 e. The quantitative estimate of drug-likeness (QED) is 0.479. The Kier molecular flexibility index (Phi) is 5.00. The summed E-state index contributed by atoms with van der Waals surface area (Å²) in [5, 5.41) is 16.7. The van der Waals surface area contributed by atoms with Crippen molar-refractivity contribution < 1.29 is 9.72 Å². The van der Waals surface area contributed by atoms with Crippen LogP contribution in [0.1, 0.15) is 5.56 Å². The Morgan fingerprint density at radius 3 is 2.71 bits per heavy atom. The van der Waals surface area contributed by atoms with E-state index in [1.807, 2.05) is 24.3 Å². The molecule has 2 N–H and O–H groups in total. The molecule has 2 aromatic rings. The lowest BCUT2D eigenvalue weighted by atomic mass is 10.1. The van der Waals surface area contributed by atoms with E-state index in [4.69, 9.17) is 0 Å². The third-order valence-electron chi connectivity index (χ3n) is 3.78. The predicted octanol–water partition coefficient (Wildman–Crippen LogP) is 2.84. The minimum Gasteiger partial charge on any atom is -0.378 e. The smallest absolute Gasteiger partial charge is 0.292 e. The molecular weight excluding hydrogens is 326 g/mol. The number of nitro groups is 1. The topological polar surface area (TPSA) is 84.3 Å². The van der Waals surface area contributed by atoms with E-state index in [9.17, 15) is 14.9 Å². The van der Waals surface area contributed by atoms with E-state index in [0.717, 1.165) is 11.3 Å². The summed E-state index contributed by atoms with van der Waals surface area (Å²) in [5.41, 5.74) is 1.70. The van der Waals surface area contributed by atoms with Crippen LogP contribution in [0, 0.1) is 10.1 Å². The van der Waals surface area contributed by atoms with Crippen LogP contribution in [0.5, 0.6) is 0 Å². The molecule has 1 amide bonds. The number of anilines is 1. The second-order valence-corrected chi connectivity index (χ2v) is 6.65. The lowest BCUT2D eigenvalue weighted by Gasteiger charge is -2.11. The molecule has 3 rings (SSSR count). The molecule has 0 unspecified atom stereocenters. The van der Waals surface area contributed by atoms with Crippen molar-refractivity contribution >= 4 is 29.0 Å². The van der Waals surface area contributed by atoms with Crippen molar-refractivity contribution in [2.75, 3.05) is 18.4 Å². The molecule has 2 aromatic carbocycles. The van der Waals surface area contributed by atoms with Crippen LogP contribution in [0.25, 0.3) is 0 Å². The van der Waals surface area contributed by atoms with Crippen LogP contribution in [0.3, 0.4) is 0 Å². The van der Waals surface area contributed by atoms with Gasteiger partial charge in [-0.05, 0) is 24.1 Å². The van der Waals surface area contributed by atoms with E-state index in [1.165, 1.54) is 11.6 Å². The third-order valence-corrected chi connectivity index (χ3v) is 5.10. The number of thioether (sulfide) groups is 1. The first-order chi connectivity index (χ1) is 11.6. The first-order valence-corrected chi connectivity index (χ1v) is 8.52. The fraction of sp³-hybridized carbons (Fsp3) is 0.235. The van der Waals surface area contributed by atoms with Gasteiger partial charge in [-0.1, -0.05) is 30.3 Å².